The normalized spacial score (nSPS) is 9.21. The molecule has 1 amide bonds. The Balaban J connectivity index is 2.87. The van der Waals surface area contributed by atoms with E-state index in [2.05, 4.69) is 0 Å². The molecule has 3 nitrogen and oxygen atoms in total. The van der Waals surface area contributed by atoms with Gasteiger partial charge >= 0.3 is 0 Å². The van der Waals surface area contributed by atoms with E-state index < -0.39 is 0 Å². The first-order chi connectivity index (χ1) is 6.67. The number of carbonyl (C=O) groups is 1. The van der Waals surface area contributed by atoms with E-state index in [-0.39, 0.29) is 0 Å². The van der Waals surface area contributed by atoms with Crippen LogP contribution >= 0.6 is 11.6 Å². The third-order valence-corrected chi connectivity index (χ3v) is 2.08. The van der Waals surface area contributed by atoms with Crippen LogP contribution in [0, 0.1) is 11.3 Å². The van der Waals surface area contributed by atoms with E-state index in [0.29, 0.717) is 17.1 Å². The van der Waals surface area contributed by atoms with Gasteiger partial charge < -0.3 is 4.90 Å². The lowest BCUT2D eigenvalue weighted by Gasteiger charge is -2.10. The van der Waals surface area contributed by atoms with E-state index in [1.54, 1.807) is 25.2 Å². The average molecular weight is 209 g/mol. The molecule has 0 bridgehead atoms. The average Bonchev–Trinajstić information content (AvgIpc) is 2.18. The predicted octanol–water partition coefficient (Wildman–Crippen LogP) is 1.80. The van der Waals surface area contributed by atoms with Crippen molar-refractivity contribution in [2.75, 3.05) is 7.05 Å². The molecule has 0 unspecified atom stereocenters. The van der Waals surface area contributed by atoms with Crippen molar-refractivity contribution >= 4 is 18.0 Å². The van der Waals surface area contributed by atoms with Crippen LogP contribution in [0.2, 0.25) is 5.02 Å². The molecule has 0 atom stereocenters. The quantitative estimate of drug-likeness (QED) is 0.711. The molecular formula is C10H9ClN2O. The molecule has 0 saturated heterocycles. The zero-order valence-corrected chi connectivity index (χ0v) is 8.45. The molecule has 1 aromatic rings. The number of benzene rings is 1. The third kappa shape index (κ3) is 2.48. The molecule has 14 heavy (non-hydrogen) atoms. The summed E-state index contributed by atoms with van der Waals surface area (Å²) in [5, 5.41) is 9.06. The zero-order valence-electron chi connectivity index (χ0n) is 7.70. The van der Waals surface area contributed by atoms with Gasteiger partial charge in [0, 0.05) is 13.6 Å². The number of halogens is 1. The van der Waals surface area contributed by atoms with Crippen LogP contribution in [0.4, 0.5) is 0 Å². The summed E-state index contributed by atoms with van der Waals surface area (Å²) >= 11 is 5.83. The summed E-state index contributed by atoms with van der Waals surface area (Å²) < 4.78 is 0. The van der Waals surface area contributed by atoms with Crippen LogP contribution < -0.4 is 0 Å². The Morgan fingerprint density at radius 1 is 1.64 bits per heavy atom. The molecule has 0 aliphatic heterocycles. The highest BCUT2D eigenvalue weighted by Crippen LogP contribution is 2.17. The summed E-state index contributed by atoms with van der Waals surface area (Å²) in [4.78, 5) is 11.9. The summed E-state index contributed by atoms with van der Waals surface area (Å²) in [6, 6.07) is 7.10. The maximum Gasteiger partial charge on any atom is 0.209 e. The fraction of sp³-hybridized carbons (Fsp3) is 0.200. The Bertz CT molecular complexity index is 384. The lowest BCUT2D eigenvalue weighted by atomic mass is 10.1. The van der Waals surface area contributed by atoms with Gasteiger partial charge in [-0.3, -0.25) is 4.79 Å². The molecule has 0 aromatic heterocycles. The van der Waals surface area contributed by atoms with Crippen molar-refractivity contribution in [3.63, 3.8) is 0 Å². The molecule has 0 fully saturated rings. The van der Waals surface area contributed by atoms with Crippen molar-refractivity contribution in [3.05, 3.63) is 34.3 Å². The van der Waals surface area contributed by atoms with Gasteiger partial charge in [0.2, 0.25) is 6.41 Å². The van der Waals surface area contributed by atoms with E-state index >= 15 is 0 Å². The van der Waals surface area contributed by atoms with Crippen molar-refractivity contribution in [3.8, 4) is 6.07 Å². The summed E-state index contributed by atoms with van der Waals surface area (Å²) in [7, 11) is 1.68. The number of amides is 1. The number of nitrogens with zero attached hydrogens (tertiary/aromatic N) is 2. The summed E-state index contributed by atoms with van der Waals surface area (Å²) in [5.74, 6) is 0. The molecule has 1 rings (SSSR count). The standard InChI is InChI=1S/C10H9ClN2O/c1-13(7-14)6-8-2-3-9(5-12)10(11)4-8/h2-4,7H,6H2,1H3. The molecular weight excluding hydrogens is 200 g/mol. The number of rotatable bonds is 3. The summed E-state index contributed by atoms with van der Waals surface area (Å²) in [6.45, 7) is 0.495. The first kappa shape index (κ1) is 10.6. The van der Waals surface area contributed by atoms with Crippen LogP contribution in [-0.4, -0.2) is 18.4 Å². The molecule has 0 heterocycles. The second-order valence-electron chi connectivity index (χ2n) is 2.95. The van der Waals surface area contributed by atoms with Gasteiger partial charge in [0.15, 0.2) is 0 Å². The smallest absolute Gasteiger partial charge is 0.209 e. The Hall–Kier alpha value is -1.53. The van der Waals surface area contributed by atoms with Crippen molar-refractivity contribution in [1.29, 1.82) is 5.26 Å². The van der Waals surface area contributed by atoms with E-state index in [4.69, 9.17) is 16.9 Å². The van der Waals surface area contributed by atoms with Crippen LogP contribution in [0.1, 0.15) is 11.1 Å². The fourth-order valence-corrected chi connectivity index (χ4v) is 1.32. The van der Waals surface area contributed by atoms with Crippen LogP contribution in [-0.2, 0) is 11.3 Å². The lowest BCUT2D eigenvalue weighted by molar-refractivity contribution is -0.117. The Morgan fingerprint density at radius 3 is 2.86 bits per heavy atom. The molecule has 0 spiro atoms. The van der Waals surface area contributed by atoms with E-state index in [0.717, 1.165) is 12.0 Å². The van der Waals surface area contributed by atoms with Crippen molar-refractivity contribution in [1.82, 2.24) is 4.90 Å². The zero-order chi connectivity index (χ0) is 10.6. The van der Waals surface area contributed by atoms with E-state index in [1.807, 2.05) is 6.07 Å². The molecule has 0 aliphatic carbocycles. The van der Waals surface area contributed by atoms with Gasteiger partial charge in [0.25, 0.3) is 0 Å². The second-order valence-corrected chi connectivity index (χ2v) is 3.35. The summed E-state index contributed by atoms with van der Waals surface area (Å²) in [6.07, 6.45) is 0.742. The monoisotopic (exact) mass is 208 g/mol. The maximum atomic E-state index is 10.4. The van der Waals surface area contributed by atoms with Gasteiger partial charge in [-0.1, -0.05) is 17.7 Å². The molecule has 0 saturated carbocycles. The Labute approximate surface area is 87.5 Å². The maximum absolute atomic E-state index is 10.4. The third-order valence-electron chi connectivity index (χ3n) is 1.77. The highest BCUT2D eigenvalue weighted by molar-refractivity contribution is 6.31. The number of hydrogen-bond donors (Lipinski definition) is 0. The van der Waals surface area contributed by atoms with E-state index in [1.165, 1.54) is 4.90 Å². The van der Waals surface area contributed by atoms with Crippen LogP contribution in [0.3, 0.4) is 0 Å². The molecule has 1 aromatic carbocycles. The Kier molecular flexibility index (Phi) is 3.49. The summed E-state index contributed by atoms with van der Waals surface area (Å²) in [5.41, 5.74) is 1.35. The van der Waals surface area contributed by atoms with Crippen LogP contribution in [0.25, 0.3) is 0 Å². The van der Waals surface area contributed by atoms with Gasteiger partial charge in [0.1, 0.15) is 6.07 Å². The van der Waals surface area contributed by atoms with Crippen LogP contribution in [0.5, 0.6) is 0 Å². The number of hydrogen-bond acceptors (Lipinski definition) is 2. The largest absolute Gasteiger partial charge is 0.344 e. The lowest BCUT2D eigenvalue weighted by Crippen LogP contribution is -2.14. The van der Waals surface area contributed by atoms with Gasteiger partial charge in [-0.15, -0.1) is 0 Å². The minimum Gasteiger partial charge on any atom is -0.344 e. The van der Waals surface area contributed by atoms with Crippen molar-refractivity contribution in [2.45, 2.75) is 6.54 Å². The van der Waals surface area contributed by atoms with Gasteiger partial charge in [-0.25, -0.2) is 0 Å². The molecule has 0 aliphatic rings. The van der Waals surface area contributed by atoms with Crippen molar-refractivity contribution in [2.24, 2.45) is 0 Å². The first-order valence-electron chi connectivity index (χ1n) is 4.01. The van der Waals surface area contributed by atoms with Crippen molar-refractivity contribution < 1.29 is 4.79 Å². The minimum atomic E-state index is 0.421. The van der Waals surface area contributed by atoms with Gasteiger partial charge in [-0.05, 0) is 17.7 Å². The first-order valence-corrected chi connectivity index (χ1v) is 4.39. The van der Waals surface area contributed by atoms with Crippen LogP contribution in [0.15, 0.2) is 18.2 Å². The molecule has 0 N–H and O–H groups in total. The molecule has 0 radical (unpaired) electrons. The fourth-order valence-electron chi connectivity index (χ4n) is 1.07. The minimum absolute atomic E-state index is 0.421. The van der Waals surface area contributed by atoms with E-state index in [9.17, 15) is 4.79 Å². The van der Waals surface area contributed by atoms with Gasteiger partial charge in [-0.2, -0.15) is 5.26 Å². The van der Waals surface area contributed by atoms with Gasteiger partial charge in [0.05, 0.1) is 10.6 Å². The number of nitriles is 1. The highest BCUT2D eigenvalue weighted by atomic mass is 35.5. The molecule has 4 heteroatoms. The SMILES string of the molecule is CN(C=O)Cc1ccc(C#N)c(Cl)c1. The topological polar surface area (TPSA) is 44.1 Å². The highest BCUT2D eigenvalue weighted by Gasteiger charge is 2.02. The second kappa shape index (κ2) is 4.64. The molecule has 72 valence electrons. The predicted molar refractivity (Wildman–Crippen MR) is 53.7 cm³/mol. The number of carbonyl (C=O) groups excluding carboxylic acids is 1. The Morgan fingerprint density at radius 2 is 2.36 bits per heavy atom.